The minimum absolute atomic E-state index is 0.0317. The molecule has 3 rings (SSSR count). The van der Waals surface area contributed by atoms with Gasteiger partial charge in [-0.05, 0) is 59.9 Å². The number of nitrogen functional groups attached to an aromatic ring is 1. The van der Waals surface area contributed by atoms with Crippen LogP contribution in [0.25, 0.3) is 0 Å². The number of aryl methyl sites for hydroxylation is 1. The van der Waals surface area contributed by atoms with Gasteiger partial charge in [-0.2, -0.15) is 0 Å². The number of para-hydroxylation sites is 2. The van der Waals surface area contributed by atoms with Gasteiger partial charge in [0, 0.05) is 22.0 Å². The fraction of sp³-hybridized carbons (Fsp3) is 0.250. The van der Waals surface area contributed by atoms with Gasteiger partial charge in [0.1, 0.15) is 0 Å². The van der Waals surface area contributed by atoms with Crippen molar-refractivity contribution in [2.75, 3.05) is 16.5 Å². The standard InChI is InChI=1S/C24H28N2S/c1-18-15-21(16-22(23(18)25)24(2,3)4)27-17-26(19-11-7-5-8-12-19)20-13-9-6-10-14-20/h5-16H,17,25H2,1-4H3. The number of nitrogens with zero attached hydrogens (tertiary/aromatic N) is 1. The lowest BCUT2D eigenvalue weighted by molar-refractivity contribution is 0.590. The Balaban J connectivity index is 1.90. The van der Waals surface area contributed by atoms with Gasteiger partial charge in [-0.3, -0.25) is 0 Å². The molecule has 27 heavy (non-hydrogen) atoms. The van der Waals surface area contributed by atoms with Gasteiger partial charge < -0.3 is 10.6 Å². The lowest BCUT2D eigenvalue weighted by atomic mass is 9.85. The number of thioether (sulfide) groups is 1. The highest BCUT2D eigenvalue weighted by Crippen LogP contribution is 2.36. The quantitative estimate of drug-likeness (QED) is 0.303. The normalized spacial score (nSPS) is 11.4. The molecule has 0 unspecified atom stereocenters. The van der Waals surface area contributed by atoms with Crippen molar-refractivity contribution in [1.29, 1.82) is 0 Å². The summed E-state index contributed by atoms with van der Waals surface area (Å²) in [6.07, 6.45) is 0. The minimum atomic E-state index is 0.0317. The van der Waals surface area contributed by atoms with E-state index in [4.69, 9.17) is 5.73 Å². The van der Waals surface area contributed by atoms with E-state index in [2.05, 4.69) is 105 Å². The van der Waals surface area contributed by atoms with E-state index in [1.807, 2.05) is 11.8 Å². The van der Waals surface area contributed by atoms with Crippen LogP contribution in [0.3, 0.4) is 0 Å². The van der Waals surface area contributed by atoms with Gasteiger partial charge >= 0.3 is 0 Å². The Kier molecular flexibility index (Phi) is 5.81. The molecule has 0 spiro atoms. The first-order valence-electron chi connectivity index (χ1n) is 9.27. The Hall–Kier alpha value is -2.39. The summed E-state index contributed by atoms with van der Waals surface area (Å²) in [5, 5.41) is 0. The highest BCUT2D eigenvalue weighted by atomic mass is 32.2. The summed E-state index contributed by atoms with van der Waals surface area (Å²) in [5.41, 5.74) is 12.1. The summed E-state index contributed by atoms with van der Waals surface area (Å²) in [5.74, 6) is 0.834. The van der Waals surface area contributed by atoms with Gasteiger partial charge in [0.25, 0.3) is 0 Å². The van der Waals surface area contributed by atoms with Crippen molar-refractivity contribution >= 4 is 28.8 Å². The van der Waals surface area contributed by atoms with Crippen LogP contribution in [0.5, 0.6) is 0 Å². The van der Waals surface area contributed by atoms with Crippen molar-refractivity contribution in [3.8, 4) is 0 Å². The molecule has 3 aromatic carbocycles. The molecule has 0 atom stereocenters. The molecule has 0 aliphatic rings. The molecule has 0 radical (unpaired) electrons. The number of anilines is 3. The summed E-state index contributed by atoms with van der Waals surface area (Å²) in [7, 11) is 0. The molecule has 3 heteroatoms. The molecule has 0 amide bonds. The first-order chi connectivity index (χ1) is 12.9. The SMILES string of the molecule is Cc1cc(SCN(c2ccccc2)c2ccccc2)cc(C(C)(C)C)c1N. The van der Waals surface area contributed by atoms with Crippen LogP contribution in [0.15, 0.2) is 77.7 Å². The predicted octanol–water partition coefficient (Wildman–Crippen LogP) is 6.76. The van der Waals surface area contributed by atoms with Gasteiger partial charge in [-0.15, -0.1) is 11.8 Å². The number of benzene rings is 3. The van der Waals surface area contributed by atoms with Crippen molar-refractivity contribution in [2.24, 2.45) is 0 Å². The van der Waals surface area contributed by atoms with E-state index in [1.165, 1.54) is 21.8 Å². The van der Waals surface area contributed by atoms with Crippen molar-refractivity contribution in [1.82, 2.24) is 0 Å². The van der Waals surface area contributed by atoms with Gasteiger partial charge in [-0.1, -0.05) is 57.2 Å². The second kappa shape index (κ2) is 8.10. The molecular formula is C24H28N2S. The highest BCUT2D eigenvalue weighted by molar-refractivity contribution is 7.99. The van der Waals surface area contributed by atoms with E-state index in [9.17, 15) is 0 Å². The fourth-order valence-corrected chi connectivity index (χ4v) is 4.16. The fourth-order valence-electron chi connectivity index (χ4n) is 3.12. The Morgan fingerprint density at radius 1 is 0.852 bits per heavy atom. The average Bonchev–Trinajstić information content (AvgIpc) is 2.65. The van der Waals surface area contributed by atoms with E-state index in [0.29, 0.717) is 0 Å². The van der Waals surface area contributed by atoms with Crippen molar-refractivity contribution in [2.45, 2.75) is 38.0 Å². The number of rotatable bonds is 5. The summed E-state index contributed by atoms with van der Waals surface area (Å²) in [6, 6.07) is 25.5. The third-order valence-corrected chi connectivity index (χ3v) is 5.62. The highest BCUT2D eigenvalue weighted by Gasteiger charge is 2.19. The number of nitrogens with two attached hydrogens (primary N) is 1. The molecule has 0 saturated heterocycles. The van der Waals surface area contributed by atoms with Crippen LogP contribution in [0.1, 0.15) is 31.9 Å². The van der Waals surface area contributed by atoms with E-state index in [0.717, 1.165) is 17.1 Å². The second-order valence-corrected chi connectivity index (χ2v) is 8.84. The molecule has 140 valence electrons. The Morgan fingerprint density at radius 3 is 1.85 bits per heavy atom. The van der Waals surface area contributed by atoms with Crippen LogP contribution in [-0.4, -0.2) is 5.88 Å². The summed E-state index contributed by atoms with van der Waals surface area (Å²) in [4.78, 5) is 3.59. The average molecular weight is 377 g/mol. The minimum Gasteiger partial charge on any atom is -0.398 e. The first kappa shape index (κ1) is 19.4. The zero-order valence-electron chi connectivity index (χ0n) is 16.6. The first-order valence-corrected chi connectivity index (χ1v) is 10.3. The van der Waals surface area contributed by atoms with E-state index in [-0.39, 0.29) is 5.41 Å². The molecule has 2 nitrogen and oxygen atoms in total. The lowest BCUT2D eigenvalue weighted by Crippen LogP contribution is -2.17. The summed E-state index contributed by atoms with van der Waals surface area (Å²) >= 11 is 1.84. The van der Waals surface area contributed by atoms with Crippen LogP contribution in [0, 0.1) is 6.92 Å². The second-order valence-electron chi connectivity index (χ2n) is 7.82. The van der Waals surface area contributed by atoms with Gasteiger partial charge in [0.05, 0.1) is 5.88 Å². The van der Waals surface area contributed by atoms with E-state index < -0.39 is 0 Å². The summed E-state index contributed by atoms with van der Waals surface area (Å²) in [6.45, 7) is 8.74. The van der Waals surface area contributed by atoms with Crippen LogP contribution in [0.4, 0.5) is 17.1 Å². The lowest BCUT2D eigenvalue weighted by Gasteiger charge is -2.26. The molecule has 2 N–H and O–H groups in total. The molecule has 0 aromatic heterocycles. The van der Waals surface area contributed by atoms with Crippen LogP contribution in [0.2, 0.25) is 0 Å². The van der Waals surface area contributed by atoms with Gasteiger partial charge in [0.2, 0.25) is 0 Å². The summed E-state index contributed by atoms with van der Waals surface area (Å²) < 4.78 is 0. The number of hydrogen-bond donors (Lipinski definition) is 1. The molecular weight excluding hydrogens is 348 g/mol. The molecule has 0 fully saturated rings. The third-order valence-electron chi connectivity index (χ3n) is 4.66. The topological polar surface area (TPSA) is 29.3 Å². The zero-order chi connectivity index (χ0) is 19.4. The van der Waals surface area contributed by atoms with Crippen LogP contribution in [-0.2, 0) is 5.41 Å². The predicted molar refractivity (Wildman–Crippen MR) is 120 cm³/mol. The zero-order valence-corrected chi connectivity index (χ0v) is 17.4. The smallest absolute Gasteiger partial charge is 0.0734 e. The largest absolute Gasteiger partial charge is 0.398 e. The maximum absolute atomic E-state index is 6.36. The Bertz CT molecular complexity index is 844. The Labute approximate surface area is 167 Å². The van der Waals surface area contributed by atoms with Gasteiger partial charge in [0.15, 0.2) is 0 Å². The molecule has 0 aliphatic heterocycles. The molecule has 0 aliphatic carbocycles. The van der Waals surface area contributed by atoms with Crippen molar-refractivity contribution in [3.05, 3.63) is 83.9 Å². The maximum Gasteiger partial charge on any atom is 0.0734 e. The van der Waals surface area contributed by atoms with E-state index in [1.54, 1.807) is 0 Å². The number of hydrogen-bond acceptors (Lipinski definition) is 3. The van der Waals surface area contributed by atoms with Crippen molar-refractivity contribution in [3.63, 3.8) is 0 Å². The molecule has 0 bridgehead atoms. The molecule has 3 aromatic rings. The Morgan fingerprint density at radius 2 is 1.37 bits per heavy atom. The maximum atomic E-state index is 6.36. The van der Waals surface area contributed by atoms with E-state index >= 15 is 0 Å². The van der Waals surface area contributed by atoms with Crippen molar-refractivity contribution < 1.29 is 0 Å². The monoisotopic (exact) mass is 376 g/mol. The third kappa shape index (κ3) is 4.67. The van der Waals surface area contributed by atoms with Crippen LogP contribution >= 0.6 is 11.8 Å². The van der Waals surface area contributed by atoms with Crippen LogP contribution < -0.4 is 10.6 Å². The molecule has 0 heterocycles. The van der Waals surface area contributed by atoms with Gasteiger partial charge in [-0.25, -0.2) is 0 Å². The molecule has 0 saturated carbocycles.